The predicted molar refractivity (Wildman–Crippen MR) is 72.9 cm³/mol. The van der Waals surface area contributed by atoms with Crippen LogP contribution in [0.4, 0.5) is 4.39 Å². The molecule has 0 bridgehead atoms. The van der Waals surface area contributed by atoms with E-state index in [1.165, 1.54) is 6.07 Å². The largest absolute Gasteiger partial charge is 0.469 e. The second-order valence-corrected chi connectivity index (χ2v) is 4.80. The van der Waals surface area contributed by atoms with Crippen molar-refractivity contribution in [3.05, 3.63) is 58.8 Å². The van der Waals surface area contributed by atoms with E-state index in [1.54, 1.807) is 12.3 Å². The van der Waals surface area contributed by atoms with Crippen LogP contribution in [-0.2, 0) is 19.6 Å². The van der Waals surface area contributed by atoms with Crippen molar-refractivity contribution in [2.45, 2.75) is 26.6 Å². The van der Waals surface area contributed by atoms with E-state index in [2.05, 4.69) is 4.90 Å². The Morgan fingerprint density at radius 1 is 1.21 bits per heavy atom. The van der Waals surface area contributed by atoms with Crippen molar-refractivity contribution in [1.29, 1.82) is 0 Å². The number of rotatable bonds is 5. The summed E-state index contributed by atoms with van der Waals surface area (Å²) in [5, 5.41) is 0. The highest BCUT2D eigenvalue weighted by atomic mass is 19.1. The van der Waals surface area contributed by atoms with Crippen LogP contribution in [0, 0.1) is 12.7 Å². The van der Waals surface area contributed by atoms with Crippen LogP contribution < -0.4 is 5.73 Å². The Morgan fingerprint density at radius 3 is 2.58 bits per heavy atom. The lowest BCUT2D eigenvalue weighted by Crippen LogP contribution is -2.18. The van der Waals surface area contributed by atoms with Crippen molar-refractivity contribution in [3.63, 3.8) is 0 Å². The lowest BCUT2D eigenvalue weighted by Gasteiger charge is -2.17. The molecule has 0 radical (unpaired) electrons. The van der Waals surface area contributed by atoms with Gasteiger partial charge in [0, 0.05) is 30.8 Å². The molecule has 0 aliphatic carbocycles. The van der Waals surface area contributed by atoms with E-state index in [9.17, 15) is 4.39 Å². The van der Waals surface area contributed by atoms with Crippen LogP contribution in [0.25, 0.3) is 0 Å². The molecule has 4 heteroatoms. The van der Waals surface area contributed by atoms with E-state index >= 15 is 0 Å². The van der Waals surface area contributed by atoms with E-state index in [0.717, 1.165) is 23.4 Å². The smallest absolute Gasteiger partial charge is 0.127 e. The molecule has 1 aromatic heterocycles. The van der Waals surface area contributed by atoms with Crippen molar-refractivity contribution < 1.29 is 8.81 Å². The minimum Gasteiger partial charge on any atom is -0.469 e. The fourth-order valence-electron chi connectivity index (χ4n) is 2.09. The van der Waals surface area contributed by atoms with Crippen molar-refractivity contribution in [1.82, 2.24) is 4.90 Å². The molecule has 19 heavy (non-hydrogen) atoms. The highest BCUT2D eigenvalue weighted by molar-refractivity contribution is 5.25. The van der Waals surface area contributed by atoms with Crippen LogP contribution in [0.5, 0.6) is 0 Å². The fraction of sp³-hybridized carbons (Fsp3) is 0.333. The van der Waals surface area contributed by atoms with Crippen LogP contribution >= 0.6 is 0 Å². The minimum atomic E-state index is -0.187. The number of nitrogens with two attached hydrogens (primary N) is 1. The topological polar surface area (TPSA) is 42.4 Å². The molecule has 0 atom stereocenters. The normalized spacial score (nSPS) is 11.2. The molecule has 0 saturated carbocycles. The predicted octanol–water partition coefficient (Wildman–Crippen LogP) is 2.82. The maximum atomic E-state index is 13.7. The van der Waals surface area contributed by atoms with Crippen LogP contribution in [0.1, 0.15) is 22.5 Å². The zero-order valence-corrected chi connectivity index (χ0v) is 11.3. The minimum absolute atomic E-state index is 0.187. The average molecular weight is 262 g/mol. The van der Waals surface area contributed by atoms with Crippen molar-refractivity contribution in [2.24, 2.45) is 5.73 Å². The van der Waals surface area contributed by atoms with Crippen LogP contribution in [0.2, 0.25) is 0 Å². The Bertz CT molecular complexity index is 551. The number of halogens is 1. The van der Waals surface area contributed by atoms with Gasteiger partial charge in [-0.25, -0.2) is 4.39 Å². The van der Waals surface area contributed by atoms with Gasteiger partial charge in [0.05, 0.1) is 6.26 Å². The van der Waals surface area contributed by atoms with Gasteiger partial charge < -0.3 is 10.2 Å². The molecule has 2 aromatic rings. The molecule has 1 aromatic carbocycles. The summed E-state index contributed by atoms with van der Waals surface area (Å²) in [4.78, 5) is 2.05. The lowest BCUT2D eigenvalue weighted by atomic mass is 10.1. The van der Waals surface area contributed by atoms with Gasteiger partial charge in [0.2, 0.25) is 0 Å². The maximum absolute atomic E-state index is 13.7. The Balaban J connectivity index is 2.06. The molecule has 0 aliphatic heterocycles. The third-order valence-electron chi connectivity index (χ3n) is 3.19. The molecule has 2 rings (SSSR count). The fourth-order valence-corrected chi connectivity index (χ4v) is 2.09. The van der Waals surface area contributed by atoms with Crippen LogP contribution in [0.3, 0.4) is 0 Å². The average Bonchev–Trinajstić information content (AvgIpc) is 2.78. The monoisotopic (exact) mass is 262 g/mol. The lowest BCUT2D eigenvalue weighted by molar-refractivity contribution is 0.311. The van der Waals surface area contributed by atoms with Crippen molar-refractivity contribution in [2.75, 3.05) is 7.05 Å². The Labute approximate surface area is 112 Å². The molecule has 0 amide bonds. The molecule has 0 aliphatic rings. The van der Waals surface area contributed by atoms with Gasteiger partial charge in [-0.05, 0) is 31.7 Å². The molecule has 2 N–H and O–H groups in total. The van der Waals surface area contributed by atoms with Gasteiger partial charge in [-0.15, -0.1) is 0 Å². The molecule has 0 saturated heterocycles. The number of nitrogens with zero attached hydrogens (tertiary/aromatic N) is 1. The molecule has 102 valence electrons. The summed E-state index contributed by atoms with van der Waals surface area (Å²) in [5.41, 5.74) is 8.32. The Morgan fingerprint density at radius 2 is 1.95 bits per heavy atom. The Kier molecular flexibility index (Phi) is 4.35. The first kappa shape index (κ1) is 13.8. The van der Waals surface area contributed by atoms with Crippen molar-refractivity contribution >= 4 is 0 Å². The SMILES string of the molecule is Cc1occc1CN(C)Cc1cc(CN)ccc1F. The van der Waals surface area contributed by atoms with Gasteiger partial charge in [0.15, 0.2) is 0 Å². The molecule has 1 heterocycles. The second-order valence-electron chi connectivity index (χ2n) is 4.80. The van der Waals surface area contributed by atoms with E-state index < -0.39 is 0 Å². The zero-order chi connectivity index (χ0) is 13.8. The summed E-state index contributed by atoms with van der Waals surface area (Å²) in [6, 6.07) is 6.97. The number of hydrogen-bond acceptors (Lipinski definition) is 3. The first-order valence-corrected chi connectivity index (χ1v) is 6.29. The quantitative estimate of drug-likeness (QED) is 0.901. The second kappa shape index (κ2) is 5.99. The number of hydrogen-bond donors (Lipinski definition) is 1. The van der Waals surface area contributed by atoms with Crippen LogP contribution in [-0.4, -0.2) is 11.9 Å². The van der Waals surface area contributed by atoms with Crippen LogP contribution in [0.15, 0.2) is 34.9 Å². The van der Waals surface area contributed by atoms with Gasteiger partial charge in [0.25, 0.3) is 0 Å². The van der Waals surface area contributed by atoms with E-state index in [0.29, 0.717) is 18.7 Å². The number of aryl methyl sites for hydroxylation is 1. The molecule has 3 nitrogen and oxygen atoms in total. The van der Waals surface area contributed by atoms with E-state index in [4.69, 9.17) is 10.2 Å². The zero-order valence-electron chi connectivity index (χ0n) is 11.3. The Hall–Kier alpha value is -1.65. The number of benzene rings is 1. The summed E-state index contributed by atoms with van der Waals surface area (Å²) in [6.07, 6.45) is 1.67. The summed E-state index contributed by atoms with van der Waals surface area (Å²) in [6.45, 7) is 3.63. The van der Waals surface area contributed by atoms with Gasteiger partial charge in [-0.2, -0.15) is 0 Å². The standard InChI is InChI=1S/C15H19FN2O/c1-11-13(5-6-19-11)9-18(2)10-14-7-12(8-17)3-4-15(14)16/h3-7H,8-10,17H2,1-2H3. The third kappa shape index (κ3) is 3.43. The van der Waals surface area contributed by atoms with E-state index in [1.807, 2.05) is 26.1 Å². The molecule has 0 spiro atoms. The van der Waals surface area contributed by atoms with Gasteiger partial charge >= 0.3 is 0 Å². The number of furan rings is 1. The van der Waals surface area contributed by atoms with Crippen molar-refractivity contribution in [3.8, 4) is 0 Å². The van der Waals surface area contributed by atoms with Gasteiger partial charge in [0.1, 0.15) is 11.6 Å². The molecule has 0 unspecified atom stereocenters. The highest BCUT2D eigenvalue weighted by Gasteiger charge is 2.09. The summed E-state index contributed by atoms with van der Waals surface area (Å²) in [5.74, 6) is 0.719. The maximum Gasteiger partial charge on any atom is 0.127 e. The van der Waals surface area contributed by atoms with Gasteiger partial charge in [-0.1, -0.05) is 12.1 Å². The molecular formula is C15H19FN2O. The summed E-state index contributed by atoms with van der Waals surface area (Å²) >= 11 is 0. The summed E-state index contributed by atoms with van der Waals surface area (Å²) in [7, 11) is 1.96. The third-order valence-corrected chi connectivity index (χ3v) is 3.19. The van der Waals surface area contributed by atoms with E-state index in [-0.39, 0.29) is 5.82 Å². The molecular weight excluding hydrogens is 243 g/mol. The first-order chi connectivity index (χ1) is 9.10. The highest BCUT2D eigenvalue weighted by Crippen LogP contribution is 2.16. The summed E-state index contributed by atoms with van der Waals surface area (Å²) < 4.78 is 19.0. The first-order valence-electron chi connectivity index (χ1n) is 6.29. The van der Waals surface area contributed by atoms with Gasteiger partial charge in [-0.3, -0.25) is 4.90 Å². The molecule has 0 fully saturated rings.